The third kappa shape index (κ3) is 2.13. The van der Waals surface area contributed by atoms with Crippen LogP contribution >= 0.6 is 0 Å². The van der Waals surface area contributed by atoms with E-state index in [4.69, 9.17) is 0 Å². The number of carbonyl (C=O) groups excluding carboxylic acids is 1. The lowest BCUT2D eigenvalue weighted by Crippen LogP contribution is -2.54. The van der Waals surface area contributed by atoms with Crippen LogP contribution in [0.15, 0.2) is 12.2 Å². The summed E-state index contributed by atoms with van der Waals surface area (Å²) >= 11 is 0. The summed E-state index contributed by atoms with van der Waals surface area (Å²) in [5.74, 6) is 1.97. The van der Waals surface area contributed by atoms with Gasteiger partial charge in [0.2, 0.25) is 5.91 Å². The first kappa shape index (κ1) is 11.3. The molecule has 2 fully saturated rings. The summed E-state index contributed by atoms with van der Waals surface area (Å²) in [5.41, 5.74) is 0. The molecule has 3 atom stereocenters. The van der Waals surface area contributed by atoms with E-state index in [0.717, 1.165) is 37.8 Å². The Hall–Kier alpha value is -0.830. The molecule has 1 N–H and O–H groups in total. The second-order valence-electron chi connectivity index (χ2n) is 5.79. The van der Waals surface area contributed by atoms with Crippen molar-refractivity contribution in [2.24, 2.45) is 11.8 Å². The summed E-state index contributed by atoms with van der Waals surface area (Å²) in [4.78, 5) is 13.2. The Morgan fingerprint density at radius 2 is 2.12 bits per heavy atom. The van der Waals surface area contributed by atoms with Crippen LogP contribution in [0.4, 0.5) is 0 Å². The van der Waals surface area contributed by atoms with Crippen molar-refractivity contribution in [2.75, 3.05) is 13.1 Å². The van der Waals surface area contributed by atoms with E-state index >= 15 is 0 Å². The van der Waals surface area contributed by atoms with Crippen molar-refractivity contribution >= 4 is 5.91 Å². The number of hydrogen-bond donors (Lipinski definition) is 1. The monoisotopic (exact) mass is 234 g/mol. The van der Waals surface area contributed by atoms with E-state index < -0.39 is 0 Å². The molecule has 1 heterocycles. The van der Waals surface area contributed by atoms with Crippen molar-refractivity contribution in [1.29, 1.82) is 0 Å². The largest absolute Gasteiger partial charge is 0.343 e. The zero-order valence-corrected chi connectivity index (χ0v) is 10.6. The van der Waals surface area contributed by atoms with Crippen LogP contribution in [0.3, 0.4) is 0 Å². The Kier molecular flexibility index (Phi) is 2.95. The van der Waals surface area contributed by atoms with Crippen molar-refractivity contribution in [3.8, 4) is 0 Å². The molecule has 0 radical (unpaired) electrons. The molecule has 17 heavy (non-hydrogen) atoms. The minimum absolute atomic E-state index is 0.228. The third-order valence-corrected chi connectivity index (χ3v) is 4.75. The van der Waals surface area contributed by atoms with Gasteiger partial charge in [0.15, 0.2) is 0 Å². The van der Waals surface area contributed by atoms with Gasteiger partial charge in [-0.25, -0.2) is 0 Å². The van der Waals surface area contributed by atoms with E-state index in [2.05, 4.69) is 17.5 Å². The smallest absolute Gasteiger partial charge is 0.219 e. The maximum absolute atomic E-state index is 11.2. The lowest BCUT2D eigenvalue weighted by molar-refractivity contribution is -0.129. The second kappa shape index (κ2) is 4.45. The fourth-order valence-electron chi connectivity index (χ4n) is 3.57. The van der Waals surface area contributed by atoms with Crippen LogP contribution in [0.2, 0.25) is 0 Å². The number of nitrogens with one attached hydrogen (secondary N) is 1. The highest BCUT2D eigenvalue weighted by molar-refractivity contribution is 5.73. The normalized spacial score (nSPS) is 36.8. The first-order valence-corrected chi connectivity index (χ1v) is 6.92. The maximum atomic E-state index is 11.2. The highest BCUT2D eigenvalue weighted by Gasteiger charge is 2.41. The zero-order valence-electron chi connectivity index (χ0n) is 10.6. The predicted molar refractivity (Wildman–Crippen MR) is 67.6 cm³/mol. The number of hydrogen-bond acceptors (Lipinski definition) is 2. The number of piperidine rings is 1. The van der Waals surface area contributed by atoms with Crippen LogP contribution in [0.25, 0.3) is 0 Å². The Morgan fingerprint density at radius 3 is 2.76 bits per heavy atom. The molecule has 3 unspecified atom stereocenters. The van der Waals surface area contributed by atoms with Gasteiger partial charge < -0.3 is 10.2 Å². The Balaban J connectivity index is 1.45. The second-order valence-corrected chi connectivity index (χ2v) is 5.79. The van der Waals surface area contributed by atoms with Crippen molar-refractivity contribution in [3.63, 3.8) is 0 Å². The molecule has 3 aliphatic rings. The Bertz CT molecular complexity index is 331. The standard InChI is InChI=1S/C14H22N2O/c1-10(17)16-7-5-12(6-8-16)15-14-9-11-3-2-4-13(11)14/h2,4,11-15H,3,5-9H2,1H3. The first-order valence-electron chi connectivity index (χ1n) is 6.92. The first-order chi connectivity index (χ1) is 8.24. The average molecular weight is 234 g/mol. The molecule has 0 aromatic heterocycles. The van der Waals surface area contributed by atoms with Crippen LogP contribution in [-0.2, 0) is 4.79 Å². The van der Waals surface area contributed by atoms with E-state index in [1.165, 1.54) is 12.8 Å². The average Bonchev–Trinajstić information content (AvgIpc) is 2.68. The van der Waals surface area contributed by atoms with Gasteiger partial charge in [-0.3, -0.25) is 4.79 Å². The summed E-state index contributed by atoms with van der Waals surface area (Å²) in [7, 11) is 0. The Labute approximate surface area is 103 Å². The topological polar surface area (TPSA) is 32.3 Å². The molecule has 0 aromatic carbocycles. The van der Waals surface area contributed by atoms with E-state index in [1.54, 1.807) is 6.92 Å². The van der Waals surface area contributed by atoms with Crippen LogP contribution < -0.4 is 5.32 Å². The number of likely N-dealkylation sites (tertiary alicyclic amines) is 1. The summed E-state index contributed by atoms with van der Waals surface area (Å²) in [6.07, 6.45) is 9.64. The zero-order chi connectivity index (χ0) is 11.8. The number of carbonyl (C=O) groups is 1. The molecule has 0 spiro atoms. The molecule has 94 valence electrons. The number of amides is 1. The van der Waals surface area contributed by atoms with Gasteiger partial charge in [0.05, 0.1) is 0 Å². The fourth-order valence-corrected chi connectivity index (χ4v) is 3.57. The molecule has 1 saturated carbocycles. The number of rotatable bonds is 2. The predicted octanol–water partition coefficient (Wildman–Crippen LogP) is 1.55. The van der Waals surface area contributed by atoms with Gasteiger partial charge in [0.1, 0.15) is 0 Å². The van der Waals surface area contributed by atoms with Gasteiger partial charge in [0, 0.05) is 32.1 Å². The van der Waals surface area contributed by atoms with Crippen LogP contribution in [0.1, 0.15) is 32.6 Å². The minimum atomic E-state index is 0.228. The summed E-state index contributed by atoms with van der Waals surface area (Å²) < 4.78 is 0. The van der Waals surface area contributed by atoms with Crippen molar-refractivity contribution < 1.29 is 4.79 Å². The lowest BCUT2D eigenvalue weighted by Gasteiger charge is -2.44. The van der Waals surface area contributed by atoms with Crippen LogP contribution in [-0.4, -0.2) is 36.0 Å². The van der Waals surface area contributed by atoms with Crippen molar-refractivity contribution in [2.45, 2.75) is 44.7 Å². The third-order valence-electron chi connectivity index (χ3n) is 4.75. The molecule has 1 saturated heterocycles. The van der Waals surface area contributed by atoms with E-state index in [1.807, 2.05) is 4.90 Å². The molecule has 3 rings (SSSR count). The van der Waals surface area contributed by atoms with Crippen molar-refractivity contribution in [3.05, 3.63) is 12.2 Å². The summed E-state index contributed by atoms with van der Waals surface area (Å²) in [5, 5.41) is 3.80. The van der Waals surface area contributed by atoms with Gasteiger partial charge in [-0.2, -0.15) is 0 Å². The van der Waals surface area contributed by atoms with Gasteiger partial charge in [-0.05, 0) is 37.5 Å². The SMILES string of the molecule is CC(=O)N1CCC(NC2CC3CC=CC32)CC1. The summed E-state index contributed by atoms with van der Waals surface area (Å²) in [6.45, 7) is 3.54. The molecule has 3 heteroatoms. The van der Waals surface area contributed by atoms with E-state index in [0.29, 0.717) is 12.1 Å². The van der Waals surface area contributed by atoms with E-state index in [9.17, 15) is 4.79 Å². The van der Waals surface area contributed by atoms with Gasteiger partial charge >= 0.3 is 0 Å². The van der Waals surface area contributed by atoms with Crippen LogP contribution in [0, 0.1) is 11.8 Å². The highest BCUT2D eigenvalue weighted by Crippen LogP contribution is 2.43. The molecular formula is C14H22N2O. The highest BCUT2D eigenvalue weighted by atomic mass is 16.2. The molecule has 3 nitrogen and oxygen atoms in total. The Morgan fingerprint density at radius 1 is 1.35 bits per heavy atom. The molecule has 0 aromatic rings. The van der Waals surface area contributed by atoms with Gasteiger partial charge in [0.25, 0.3) is 0 Å². The summed E-state index contributed by atoms with van der Waals surface area (Å²) in [6, 6.07) is 1.35. The molecule has 2 aliphatic carbocycles. The van der Waals surface area contributed by atoms with Gasteiger partial charge in [-0.1, -0.05) is 12.2 Å². The maximum Gasteiger partial charge on any atom is 0.219 e. The minimum Gasteiger partial charge on any atom is -0.343 e. The number of allylic oxidation sites excluding steroid dienone is 1. The number of nitrogens with zero attached hydrogens (tertiary/aromatic N) is 1. The quantitative estimate of drug-likeness (QED) is 0.735. The molecule has 1 amide bonds. The molecule has 1 aliphatic heterocycles. The van der Waals surface area contributed by atoms with Gasteiger partial charge in [-0.15, -0.1) is 0 Å². The molecule has 0 bridgehead atoms. The molecular weight excluding hydrogens is 212 g/mol. The fraction of sp³-hybridized carbons (Fsp3) is 0.786. The van der Waals surface area contributed by atoms with Crippen LogP contribution in [0.5, 0.6) is 0 Å². The number of fused-ring (bicyclic) bond motifs is 1. The lowest BCUT2D eigenvalue weighted by atomic mass is 9.71. The van der Waals surface area contributed by atoms with Crippen molar-refractivity contribution in [1.82, 2.24) is 10.2 Å². The van der Waals surface area contributed by atoms with E-state index in [-0.39, 0.29) is 5.91 Å².